The second kappa shape index (κ2) is 2.86. The maximum absolute atomic E-state index is 10.6. The molecule has 0 aromatic rings. The van der Waals surface area contributed by atoms with E-state index in [1.54, 1.807) is 6.26 Å². The molecule has 0 aliphatic carbocycles. The van der Waals surface area contributed by atoms with E-state index in [0.717, 1.165) is 12.0 Å². The van der Waals surface area contributed by atoms with Gasteiger partial charge in [0.1, 0.15) is 0 Å². The van der Waals surface area contributed by atoms with Crippen LogP contribution in [0, 0.1) is 5.92 Å². The third-order valence-corrected chi connectivity index (χ3v) is 1.40. The van der Waals surface area contributed by atoms with Crippen molar-refractivity contribution in [3.8, 4) is 0 Å². The molecular formula is C8H12O2. The molecule has 0 aromatic carbocycles. The van der Waals surface area contributed by atoms with Crippen LogP contribution in [-0.2, 0) is 9.53 Å². The SMILES string of the molecule is CC(C)CC1=COC(=O)C1. The molecule has 0 atom stereocenters. The van der Waals surface area contributed by atoms with E-state index < -0.39 is 0 Å². The fraction of sp³-hybridized carbons (Fsp3) is 0.625. The smallest absolute Gasteiger partial charge is 0.314 e. The summed E-state index contributed by atoms with van der Waals surface area (Å²) in [5, 5.41) is 0. The van der Waals surface area contributed by atoms with Crippen molar-refractivity contribution < 1.29 is 9.53 Å². The average Bonchev–Trinajstić information content (AvgIpc) is 2.13. The molecule has 2 heteroatoms. The summed E-state index contributed by atoms with van der Waals surface area (Å²) in [6, 6.07) is 0. The Balaban J connectivity index is 2.37. The lowest BCUT2D eigenvalue weighted by Crippen LogP contribution is -1.93. The highest BCUT2D eigenvalue weighted by atomic mass is 16.5. The molecule has 0 amide bonds. The zero-order chi connectivity index (χ0) is 7.56. The van der Waals surface area contributed by atoms with Crippen molar-refractivity contribution in [1.29, 1.82) is 0 Å². The predicted molar refractivity (Wildman–Crippen MR) is 38.2 cm³/mol. The third-order valence-electron chi connectivity index (χ3n) is 1.40. The molecule has 0 bridgehead atoms. The van der Waals surface area contributed by atoms with Crippen molar-refractivity contribution in [2.75, 3.05) is 0 Å². The standard InChI is InChI=1S/C8H12O2/c1-6(2)3-7-4-8(9)10-5-7/h5-6H,3-4H2,1-2H3. The minimum absolute atomic E-state index is 0.115. The maximum Gasteiger partial charge on any atom is 0.314 e. The normalized spacial score (nSPS) is 17.5. The van der Waals surface area contributed by atoms with E-state index in [1.807, 2.05) is 0 Å². The summed E-state index contributed by atoms with van der Waals surface area (Å²) in [7, 11) is 0. The van der Waals surface area contributed by atoms with E-state index in [-0.39, 0.29) is 5.97 Å². The number of hydrogen-bond donors (Lipinski definition) is 0. The molecule has 0 aromatic heterocycles. The van der Waals surface area contributed by atoms with Crippen LogP contribution in [0.25, 0.3) is 0 Å². The second-order valence-corrected chi connectivity index (χ2v) is 3.04. The molecule has 2 nitrogen and oxygen atoms in total. The summed E-state index contributed by atoms with van der Waals surface area (Å²) in [5.74, 6) is 0.497. The molecule has 1 aliphatic rings. The van der Waals surface area contributed by atoms with Crippen molar-refractivity contribution in [3.63, 3.8) is 0 Å². The van der Waals surface area contributed by atoms with Gasteiger partial charge in [0, 0.05) is 0 Å². The number of esters is 1. The highest BCUT2D eigenvalue weighted by Crippen LogP contribution is 2.19. The van der Waals surface area contributed by atoms with Gasteiger partial charge >= 0.3 is 5.97 Å². The molecule has 1 aliphatic heterocycles. The molecule has 56 valence electrons. The van der Waals surface area contributed by atoms with Gasteiger partial charge in [-0.1, -0.05) is 13.8 Å². The number of carbonyl (C=O) groups excluding carboxylic acids is 1. The van der Waals surface area contributed by atoms with Crippen LogP contribution >= 0.6 is 0 Å². The van der Waals surface area contributed by atoms with Crippen LogP contribution in [0.1, 0.15) is 26.7 Å². The van der Waals surface area contributed by atoms with Crippen LogP contribution in [0.2, 0.25) is 0 Å². The van der Waals surface area contributed by atoms with Gasteiger partial charge in [-0.05, 0) is 17.9 Å². The van der Waals surface area contributed by atoms with Crippen molar-refractivity contribution in [3.05, 3.63) is 11.8 Å². The van der Waals surface area contributed by atoms with Gasteiger partial charge in [0.2, 0.25) is 0 Å². The van der Waals surface area contributed by atoms with Gasteiger partial charge < -0.3 is 4.74 Å². The predicted octanol–water partition coefficient (Wildman–Crippen LogP) is 1.86. The van der Waals surface area contributed by atoms with Crippen molar-refractivity contribution in [2.45, 2.75) is 26.7 Å². The third kappa shape index (κ3) is 1.87. The monoisotopic (exact) mass is 140 g/mol. The number of cyclic esters (lactones) is 1. The number of ether oxygens (including phenoxy) is 1. The zero-order valence-corrected chi connectivity index (χ0v) is 6.39. The second-order valence-electron chi connectivity index (χ2n) is 3.04. The van der Waals surface area contributed by atoms with Gasteiger partial charge in [-0.3, -0.25) is 4.79 Å². The Morgan fingerprint density at radius 3 is 2.80 bits per heavy atom. The molecule has 10 heavy (non-hydrogen) atoms. The number of carbonyl (C=O) groups is 1. The van der Waals surface area contributed by atoms with E-state index in [0.29, 0.717) is 12.3 Å². The van der Waals surface area contributed by atoms with Crippen LogP contribution in [0.3, 0.4) is 0 Å². The molecule has 0 saturated carbocycles. The molecule has 0 unspecified atom stereocenters. The summed E-state index contributed by atoms with van der Waals surface area (Å²) >= 11 is 0. The largest absolute Gasteiger partial charge is 0.434 e. The van der Waals surface area contributed by atoms with Crippen LogP contribution in [0.4, 0.5) is 0 Å². The van der Waals surface area contributed by atoms with Gasteiger partial charge in [-0.25, -0.2) is 0 Å². The van der Waals surface area contributed by atoms with Gasteiger partial charge in [0.25, 0.3) is 0 Å². The van der Waals surface area contributed by atoms with Crippen LogP contribution in [0.15, 0.2) is 11.8 Å². The molecule has 1 rings (SSSR count). The Bertz CT molecular complexity index is 168. The lowest BCUT2D eigenvalue weighted by atomic mass is 10.0. The fourth-order valence-electron chi connectivity index (χ4n) is 1.06. The summed E-state index contributed by atoms with van der Waals surface area (Å²) < 4.78 is 4.67. The Morgan fingerprint density at radius 2 is 2.40 bits per heavy atom. The maximum atomic E-state index is 10.6. The van der Waals surface area contributed by atoms with Crippen molar-refractivity contribution in [1.82, 2.24) is 0 Å². The highest BCUT2D eigenvalue weighted by Gasteiger charge is 2.14. The van der Waals surface area contributed by atoms with Crippen LogP contribution in [-0.4, -0.2) is 5.97 Å². The lowest BCUT2D eigenvalue weighted by molar-refractivity contribution is -0.135. The molecule has 0 saturated heterocycles. The highest BCUT2D eigenvalue weighted by molar-refractivity contribution is 5.75. The molecule has 0 fully saturated rings. The minimum Gasteiger partial charge on any atom is -0.434 e. The van der Waals surface area contributed by atoms with E-state index in [4.69, 9.17) is 0 Å². The van der Waals surface area contributed by atoms with Gasteiger partial charge in [-0.2, -0.15) is 0 Å². The quantitative estimate of drug-likeness (QED) is 0.547. The van der Waals surface area contributed by atoms with Crippen LogP contribution in [0.5, 0.6) is 0 Å². The van der Waals surface area contributed by atoms with E-state index in [9.17, 15) is 4.79 Å². The van der Waals surface area contributed by atoms with Crippen molar-refractivity contribution in [2.24, 2.45) is 5.92 Å². The van der Waals surface area contributed by atoms with Gasteiger partial charge in [-0.15, -0.1) is 0 Å². The van der Waals surface area contributed by atoms with Gasteiger partial charge in [0.05, 0.1) is 12.7 Å². The Labute approximate surface area is 60.9 Å². The topological polar surface area (TPSA) is 26.3 Å². The fourth-order valence-corrected chi connectivity index (χ4v) is 1.06. The lowest BCUT2D eigenvalue weighted by Gasteiger charge is -2.00. The summed E-state index contributed by atoms with van der Waals surface area (Å²) in [4.78, 5) is 10.6. The molecule has 0 spiro atoms. The molecule has 0 N–H and O–H groups in total. The summed E-state index contributed by atoms with van der Waals surface area (Å²) in [6.45, 7) is 4.26. The molecule has 0 radical (unpaired) electrons. The van der Waals surface area contributed by atoms with E-state index >= 15 is 0 Å². The zero-order valence-electron chi connectivity index (χ0n) is 6.39. The Hall–Kier alpha value is -0.790. The first-order valence-electron chi connectivity index (χ1n) is 3.56. The van der Waals surface area contributed by atoms with Crippen LogP contribution < -0.4 is 0 Å². The Morgan fingerprint density at radius 1 is 1.70 bits per heavy atom. The first kappa shape index (κ1) is 7.32. The summed E-state index contributed by atoms with van der Waals surface area (Å²) in [6.07, 6.45) is 3.06. The summed E-state index contributed by atoms with van der Waals surface area (Å²) in [5.41, 5.74) is 1.13. The van der Waals surface area contributed by atoms with Gasteiger partial charge in [0.15, 0.2) is 0 Å². The van der Waals surface area contributed by atoms with Crippen molar-refractivity contribution >= 4 is 5.97 Å². The Kier molecular flexibility index (Phi) is 2.10. The first-order valence-corrected chi connectivity index (χ1v) is 3.56. The number of rotatable bonds is 2. The minimum atomic E-state index is -0.115. The number of hydrogen-bond acceptors (Lipinski definition) is 2. The van der Waals surface area contributed by atoms with E-state index in [2.05, 4.69) is 18.6 Å². The van der Waals surface area contributed by atoms with E-state index in [1.165, 1.54) is 0 Å². The average molecular weight is 140 g/mol. The first-order chi connectivity index (χ1) is 4.68. The molecule has 1 heterocycles. The molecular weight excluding hydrogens is 128 g/mol.